The zero-order valence-electron chi connectivity index (χ0n) is 23.1. The van der Waals surface area contributed by atoms with Crippen LogP contribution in [0.2, 0.25) is 6.04 Å². The molecule has 0 saturated heterocycles. The molecule has 2 aliphatic carbocycles. The Morgan fingerprint density at radius 3 is 2.15 bits per heavy atom. The summed E-state index contributed by atoms with van der Waals surface area (Å²) in [5.74, 6) is 2.48. The molecule has 0 bridgehead atoms. The molecule has 2 radical (unpaired) electrons. The Bertz CT molecular complexity index is 949. The summed E-state index contributed by atoms with van der Waals surface area (Å²) < 4.78 is 11.8. The minimum atomic E-state index is -0.438. The number of carbonyl (C=O) groups is 3. The van der Waals surface area contributed by atoms with Crippen molar-refractivity contribution in [3.8, 4) is 0 Å². The van der Waals surface area contributed by atoms with Crippen molar-refractivity contribution in [2.24, 2.45) is 11.8 Å². The fourth-order valence-corrected chi connectivity index (χ4v) is 7.79. The van der Waals surface area contributed by atoms with Gasteiger partial charge in [0.15, 0.2) is 0 Å². The summed E-state index contributed by atoms with van der Waals surface area (Å²) in [5.41, 5.74) is 0.714. The number of fused-ring (bicyclic) bond motifs is 1. The lowest BCUT2D eigenvalue weighted by Crippen LogP contribution is -2.29. The highest BCUT2D eigenvalue weighted by molar-refractivity contribution is 7.99. The van der Waals surface area contributed by atoms with Crippen molar-refractivity contribution >= 4 is 45.0 Å². The van der Waals surface area contributed by atoms with Crippen LogP contribution in [0, 0.1) is 11.8 Å². The Morgan fingerprint density at radius 2 is 1.49 bits per heavy atom. The van der Waals surface area contributed by atoms with E-state index in [0.717, 1.165) is 40.7 Å². The first-order chi connectivity index (χ1) is 19.1. The monoisotopic (exact) mass is 569 g/mol. The second-order valence-corrected chi connectivity index (χ2v) is 13.2. The van der Waals surface area contributed by atoms with Gasteiger partial charge in [0, 0.05) is 12.2 Å². The van der Waals surface area contributed by atoms with Crippen molar-refractivity contribution in [3.63, 3.8) is 0 Å². The third kappa shape index (κ3) is 9.61. The largest absolute Gasteiger partial charge is 0.462 e. The number of anilines is 1. The molecule has 8 heteroatoms. The van der Waals surface area contributed by atoms with E-state index in [9.17, 15) is 14.4 Å². The number of esters is 1. The van der Waals surface area contributed by atoms with E-state index in [-0.39, 0.29) is 0 Å². The van der Waals surface area contributed by atoms with Gasteiger partial charge in [-0.25, -0.2) is 9.69 Å². The number of imide groups is 1. The lowest BCUT2D eigenvalue weighted by Gasteiger charge is -2.14. The Hall–Kier alpha value is -1.90. The van der Waals surface area contributed by atoms with Crippen molar-refractivity contribution < 1.29 is 23.5 Å². The number of rotatable bonds is 12. The second-order valence-electron chi connectivity index (χ2n) is 10.9. The zero-order chi connectivity index (χ0) is 27.3. The summed E-state index contributed by atoms with van der Waals surface area (Å²) in [5, 5.41) is 0. The lowest BCUT2D eigenvalue weighted by atomic mass is 10.1. The van der Waals surface area contributed by atoms with Gasteiger partial charge in [-0.05, 0) is 73.3 Å². The summed E-state index contributed by atoms with van der Waals surface area (Å²) in [7, 11) is 0.627. The van der Waals surface area contributed by atoms with Gasteiger partial charge in [0.05, 0.1) is 24.0 Å². The molecular weight excluding hydrogens is 526 g/mol. The molecule has 1 heterocycles. The molecule has 1 aromatic carbocycles. The lowest BCUT2D eigenvalue weighted by molar-refractivity contribution is -0.120. The van der Waals surface area contributed by atoms with E-state index in [2.05, 4.69) is 0 Å². The van der Waals surface area contributed by atoms with E-state index in [1.807, 2.05) is 11.8 Å². The molecule has 6 nitrogen and oxygen atoms in total. The Kier molecular flexibility index (Phi) is 12.6. The number of ether oxygens (including phenoxy) is 1. The third-order valence-electron chi connectivity index (χ3n) is 7.93. The molecule has 2 unspecified atom stereocenters. The molecule has 4 rings (SSSR count). The van der Waals surface area contributed by atoms with E-state index in [1.54, 1.807) is 18.2 Å². The van der Waals surface area contributed by atoms with Gasteiger partial charge in [0.25, 0.3) is 11.8 Å². The first-order valence-electron chi connectivity index (χ1n) is 14.9. The summed E-state index contributed by atoms with van der Waals surface area (Å²) in [4.78, 5) is 37.2. The van der Waals surface area contributed by atoms with Crippen LogP contribution in [0.4, 0.5) is 5.69 Å². The number of thioether (sulfide) groups is 1. The molecule has 2 atom stereocenters. The van der Waals surface area contributed by atoms with Gasteiger partial charge >= 0.3 is 5.97 Å². The van der Waals surface area contributed by atoms with Gasteiger partial charge in [-0.2, -0.15) is 11.8 Å². The van der Waals surface area contributed by atoms with Crippen LogP contribution in [0.5, 0.6) is 0 Å². The Balaban J connectivity index is 1.02. The average molecular weight is 570 g/mol. The Morgan fingerprint density at radius 1 is 0.872 bits per heavy atom. The number of carbonyl (C=O) groups excluding carboxylic acids is 3. The molecule has 0 N–H and O–H groups in total. The van der Waals surface area contributed by atoms with Crippen molar-refractivity contribution in [1.29, 1.82) is 0 Å². The quantitative estimate of drug-likeness (QED) is 0.120. The van der Waals surface area contributed by atoms with Gasteiger partial charge < -0.3 is 9.16 Å². The summed E-state index contributed by atoms with van der Waals surface area (Å²) in [6.45, 7) is 0.356. The van der Waals surface area contributed by atoms with Crippen LogP contribution in [-0.2, 0) is 18.8 Å². The van der Waals surface area contributed by atoms with E-state index in [4.69, 9.17) is 9.16 Å². The van der Waals surface area contributed by atoms with Crippen molar-refractivity contribution in [2.45, 2.75) is 95.6 Å². The minimum Gasteiger partial charge on any atom is -0.462 e. The second kappa shape index (κ2) is 16.4. The highest BCUT2D eigenvalue weighted by atomic mass is 32.2. The normalized spacial score (nSPS) is 24.0. The molecule has 1 aromatic rings. The molecule has 2 amide bonds. The van der Waals surface area contributed by atoms with E-state index in [0.29, 0.717) is 33.7 Å². The average Bonchev–Trinajstić information content (AvgIpc) is 3.48. The fourth-order valence-electron chi connectivity index (χ4n) is 5.68. The minimum absolute atomic E-state index is 0.336. The van der Waals surface area contributed by atoms with Crippen molar-refractivity contribution in [2.75, 3.05) is 23.0 Å². The van der Waals surface area contributed by atoms with Gasteiger partial charge in [-0.1, -0.05) is 63.9 Å². The van der Waals surface area contributed by atoms with Crippen LogP contribution >= 0.6 is 11.8 Å². The van der Waals surface area contributed by atoms with Crippen molar-refractivity contribution in [3.05, 3.63) is 42.0 Å². The molecule has 212 valence electrons. The van der Waals surface area contributed by atoms with Crippen LogP contribution in [-0.4, -0.2) is 51.8 Å². The SMILES string of the molecule is O=C(OCCCSCCC[Si]OC1C2CCCCCCCCCCCC21)c1cccc(N2C(=O)C=CC2=O)c1. The maximum Gasteiger partial charge on any atom is 0.338 e. The number of hydrogen-bond donors (Lipinski definition) is 0. The first kappa shape index (κ1) is 30.1. The topological polar surface area (TPSA) is 72.9 Å². The van der Waals surface area contributed by atoms with Crippen LogP contribution in [0.25, 0.3) is 0 Å². The third-order valence-corrected chi connectivity index (χ3v) is 10.1. The predicted molar refractivity (Wildman–Crippen MR) is 158 cm³/mol. The molecule has 3 aliphatic rings. The highest BCUT2D eigenvalue weighted by Gasteiger charge is 2.49. The summed E-state index contributed by atoms with van der Waals surface area (Å²) in [6.07, 6.45) is 20.4. The molecule has 2 saturated carbocycles. The standard InChI is InChI=1S/C31H43NO5SSi/c33-28-17-18-29(34)32(28)25-14-10-13-24(23-25)31(35)36-19-11-20-38-21-12-22-39-37-30-26-15-8-6-4-2-1-3-5-7-9-16-27(26)30/h10,13-14,17-18,23,26-27,30H,1-9,11-12,15-16,19-22H2. The maximum absolute atomic E-state index is 12.4. The van der Waals surface area contributed by atoms with E-state index in [1.165, 1.54) is 95.3 Å². The smallest absolute Gasteiger partial charge is 0.338 e. The molecule has 2 fully saturated rings. The van der Waals surface area contributed by atoms with Gasteiger partial charge in [-0.3, -0.25) is 9.59 Å². The highest BCUT2D eigenvalue weighted by Crippen LogP contribution is 2.48. The number of amides is 2. The number of nitrogens with zero attached hydrogens (tertiary/aromatic N) is 1. The molecule has 1 aliphatic heterocycles. The van der Waals surface area contributed by atoms with Gasteiger partial charge in [0.2, 0.25) is 9.76 Å². The van der Waals surface area contributed by atoms with Gasteiger partial charge in [-0.15, -0.1) is 0 Å². The zero-order valence-corrected chi connectivity index (χ0v) is 24.9. The molecule has 39 heavy (non-hydrogen) atoms. The summed E-state index contributed by atoms with van der Waals surface area (Å²) >= 11 is 1.90. The van der Waals surface area contributed by atoms with Gasteiger partial charge in [0.1, 0.15) is 0 Å². The van der Waals surface area contributed by atoms with Crippen LogP contribution < -0.4 is 4.90 Å². The van der Waals surface area contributed by atoms with Crippen LogP contribution in [0.3, 0.4) is 0 Å². The maximum atomic E-state index is 12.4. The predicted octanol–water partition coefficient (Wildman–Crippen LogP) is 6.76. The Labute approximate surface area is 240 Å². The van der Waals surface area contributed by atoms with Crippen LogP contribution in [0.15, 0.2) is 36.4 Å². The molecular formula is C31H43NO5SSi. The van der Waals surface area contributed by atoms with Crippen LogP contribution in [0.1, 0.15) is 93.8 Å². The molecule has 0 aromatic heterocycles. The number of hydrogen-bond acceptors (Lipinski definition) is 6. The van der Waals surface area contributed by atoms with E-state index < -0.39 is 17.8 Å². The number of benzene rings is 1. The van der Waals surface area contributed by atoms with Crippen molar-refractivity contribution in [1.82, 2.24) is 0 Å². The summed E-state index contributed by atoms with van der Waals surface area (Å²) in [6, 6.07) is 7.58. The first-order valence-corrected chi connectivity index (χ1v) is 17.2. The van der Waals surface area contributed by atoms with E-state index >= 15 is 0 Å². The fraction of sp³-hybridized carbons (Fsp3) is 0.645. The molecule has 0 spiro atoms.